The van der Waals surface area contributed by atoms with Crippen LogP contribution in [-0.2, 0) is 0 Å². The molecule has 2 nitrogen and oxygen atoms in total. The molecule has 100 valence electrons. The van der Waals surface area contributed by atoms with Gasteiger partial charge in [0.15, 0.2) is 0 Å². The van der Waals surface area contributed by atoms with E-state index in [9.17, 15) is 9.50 Å². The number of hydrogen-bond donors (Lipinski definition) is 2. The number of halogens is 3. The highest BCUT2D eigenvalue weighted by Crippen LogP contribution is 2.30. The van der Waals surface area contributed by atoms with E-state index in [2.05, 4.69) is 27.9 Å². The summed E-state index contributed by atoms with van der Waals surface area (Å²) < 4.78 is 13.9. The summed E-state index contributed by atoms with van der Waals surface area (Å²) in [5.41, 5.74) is 1.56. The molecular weight excluding hydrogens is 380 g/mol. The Balaban J connectivity index is 2.23. The van der Waals surface area contributed by atoms with E-state index in [1.54, 1.807) is 12.1 Å². The first kappa shape index (κ1) is 14.4. The van der Waals surface area contributed by atoms with Gasteiger partial charge in [-0.3, -0.25) is 0 Å². The number of nitrogens with one attached hydrogen (secondary N) is 1. The van der Waals surface area contributed by atoms with Crippen molar-refractivity contribution in [3.63, 3.8) is 0 Å². The first-order valence-electron chi connectivity index (χ1n) is 5.67. The molecule has 0 saturated carbocycles. The summed E-state index contributed by atoms with van der Waals surface area (Å²) in [4.78, 5) is 0. The molecule has 0 amide bonds. The summed E-state index contributed by atoms with van der Waals surface area (Å²) >= 11 is 8.08. The topological polar surface area (TPSA) is 32.3 Å². The summed E-state index contributed by atoms with van der Waals surface area (Å²) in [6, 6.07) is 9.40. The van der Waals surface area contributed by atoms with Crippen LogP contribution >= 0.6 is 34.2 Å². The molecule has 2 aromatic carbocycles. The van der Waals surface area contributed by atoms with Crippen molar-refractivity contribution in [2.75, 3.05) is 5.32 Å². The van der Waals surface area contributed by atoms with Crippen molar-refractivity contribution in [2.45, 2.75) is 13.0 Å². The van der Waals surface area contributed by atoms with Gasteiger partial charge >= 0.3 is 0 Å². The molecule has 19 heavy (non-hydrogen) atoms. The molecule has 0 heterocycles. The molecule has 0 aromatic heterocycles. The Kier molecular flexibility index (Phi) is 4.52. The van der Waals surface area contributed by atoms with E-state index >= 15 is 0 Å². The quantitative estimate of drug-likeness (QED) is 0.725. The monoisotopic (exact) mass is 391 g/mol. The molecule has 1 atom stereocenters. The second-order valence-corrected chi connectivity index (χ2v) is 5.79. The fourth-order valence-corrected chi connectivity index (χ4v) is 2.83. The van der Waals surface area contributed by atoms with Crippen LogP contribution in [0.15, 0.2) is 36.4 Å². The number of rotatable bonds is 3. The molecule has 0 fully saturated rings. The molecule has 2 aromatic rings. The smallest absolute Gasteiger partial charge is 0.126 e. The van der Waals surface area contributed by atoms with E-state index in [1.807, 2.05) is 19.1 Å². The molecule has 0 aliphatic carbocycles. The van der Waals surface area contributed by atoms with Gasteiger partial charge in [0.05, 0.1) is 6.04 Å². The van der Waals surface area contributed by atoms with Crippen LogP contribution in [0.3, 0.4) is 0 Å². The minimum Gasteiger partial charge on any atom is -0.507 e. The maximum absolute atomic E-state index is 13.0. The van der Waals surface area contributed by atoms with Crippen LogP contribution in [-0.4, -0.2) is 5.11 Å². The average molecular weight is 392 g/mol. The lowest BCUT2D eigenvalue weighted by Crippen LogP contribution is -2.08. The predicted molar refractivity (Wildman–Crippen MR) is 84.3 cm³/mol. The second-order valence-electron chi connectivity index (χ2n) is 4.19. The summed E-state index contributed by atoms with van der Waals surface area (Å²) in [6.45, 7) is 1.90. The molecular formula is C14H12ClFINO. The van der Waals surface area contributed by atoms with Crippen molar-refractivity contribution in [2.24, 2.45) is 0 Å². The minimum atomic E-state index is -0.450. The van der Waals surface area contributed by atoms with Crippen LogP contribution in [0, 0.1) is 9.39 Å². The zero-order valence-electron chi connectivity index (χ0n) is 10.1. The standard InChI is InChI=1S/C14H12ClFINO/c1-8(11-4-3-10(16)7-14(11)19)18-13-5-2-9(15)6-12(13)17/h2-8,18-19H,1H3. The normalized spacial score (nSPS) is 12.2. The van der Waals surface area contributed by atoms with Gasteiger partial charge in [0, 0.05) is 25.9 Å². The molecule has 0 spiro atoms. The molecule has 2 N–H and O–H groups in total. The van der Waals surface area contributed by atoms with Crippen molar-refractivity contribution >= 4 is 39.9 Å². The minimum absolute atomic E-state index is 0.0519. The first-order valence-corrected chi connectivity index (χ1v) is 7.13. The Morgan fingerprint density at radius 3 is 2.63 bits per heavy atom. The van der Waals surface area contributed by atoms with Crippen LogP contribution in [0.2, 0.25) is 5.02 Å². The van der Waals surface area contributed by atoms with Crippen molar-refractivity contribution in [1.82, 2.24) is 0 Å². The predicted octanol–water partition coefficient (Wildman–Crippen LogP) is 4.96. The molecule has 0 radical (unpaired) electrons. The van der Waals surface area contributed by atoms with Crippen LogP contribution in [0.5, 0.6) is 5.75 Å². The summed E-state index contributed by atoms with van der Waals surface area (Å²) in [6.07, 6.45) is 0. The highest BCUT2D eigenvalue weighted by molar-refractivity contribution is 14.1. The number of aromatic hydroxyl groups is 1. The van der Waals surface area contributed by atoms with E-state index in [-0.39, 0.29) is 11.8 Å². The zero-order chi connectivity index (χ0) is 14.0. The zero-order valence-corrected chi connectivity index (χ0v) is 13.0. The lowest BCUT2D eigenvalue weighted by molar-refractivity contribution is 0.459. The highest BCUT2D eigenvalue weighted by atomic mass is 127. The lowest BCUT2D eigenvalue weighted by Gasteiger charge is -2.18. The molecule has 0 saturated heterocycles. The van der Waals surface area contributed by atoms with Crippen molar-refractivity contribution in [1.29, 1.82) is 0 Å². The summed E-state index contributed by atoms with van der Waals surface area (Å²) in [7, 11) is 0. The van der Waals surface area contributed by atoms with Gasteiger partial charge in [0.2, 0.25) is 0 Å². The first-order chi connectivity index (χ1) is 8.97. The van der Waals surface area contributed by atoms with Crippen LogP contribution < -0.4 is 5.32 Å². The fraction of sp³-hybridized carbons (Fsp3) is 0.143. The van der Waals surface area contributed by atoms with Gasteiger partial charge in [-0.1, -0.05) is 17.7 Å². The van der Waals surface area contributed by atoms with Gasteiger partial charge in [-0.05, 0) is 53.8 Å². The Morgan fingerprint density at radius 1 is 1.26 bits per heavy atom. The Hall–Kier alpha value is -1.01. The largest absolute Gasteiger partial charge is 0.507 e. The van der Waals surface area contributed by atoms with Crippen LogP contribution in [0.25, 0.3) is 0 Å². The van der Waals surface area contributed by atoms with E-state index in [0.717, 1.165) is 15.3 Å². The number of hydrogen-bond acceptors (Lipinski definition) is 2. The molecule has 2 rings (SSSR count). The molecule has 0 aliphatic rings. The maximum Gasteiger partial charge on any atom is 0.126 e. The third-order valence-corrected chi connectivity index (χ3v) is 3.89. The van der Waals surface area contributed by atoms with E-state index in [4.69, 9.17) is 11.6 Å². The Bertz CT molecular complexity index is 606. The SMILES string of the molecule is CC(Nc1ccc(Cl)cc1I)c1ccc(F)cc1O. The third-order valence-electron chi connectivity index (χ3n) is 2.76. The van der Waals surface area contributed by atoms with Gasteiger partial charge < -0.3 is 10.4 Å². The van der Waals surface area contributed by atoms with Crippen molar-refractivity contribution in [3.8, 4) is 5.75 Å². The summed E-state index contributed by atoms with van der Waals surface area (Å²) in [5, 5.41) is 13.7. The van der Waals surface area contributed by atoms with E-state index in [1.165, 1.54) is 6.07 Å². The molecule has 1 unspecified atom stereocenters. The van der Waals surface area contributed by atoms with Gasteiger partial charge in [0.25, 0.3) is 0 Å². The number of benzene rings is 2. The molecule has 5 heteroatoms. The van der Waals surface area contributed by atoms with Gasteiger partial charge in [-0.25, -0.2) is 4.39 Å². The number of phenolic OH excluding ortho intramolecular Hbond substituents is 1. The Labute approximate surface area is 129 Å². The van der Waals surface area contributed by atoms with E-state index < -0.39 is 5.82 Å². The fourth-order valence-electron chi connectivity index (χ4n) is 1.80. The average Bonchev–Trinajstić information content (AvgIpc) is 2.32. The van der Waals surface area contributed by atoms with Gasteiger partial charge in [-0.2, -0.15) is 0 Å². The lowest BCUT2D eigenvalue weighted by atomic mass is 10.1. The van der Waals surface area contributed by atoms with Crippen molar-refractivity contribution in [3.05, 3.63) is 56.4 Å². The number of anilines is 1. The van der Waals surface area contributed by atoms with Crippen LogP contribution in [0.4, 0.5) is 10.1 Å². The van der Waals surface area contributed by atoms with Crippen LogP contribution in [0.1, 0.15) is 18.5 Å². The molecule has 0 bridgehead atoms. The van der Waals surface area contributed by atoms with Gasteiger partial charge in [-0.15, -0.1) is 0 Å². The van der Waals surface area contributed by atoms with Gasteiger partial charge in [0.1, 0.15) is 11.6 Å². The van der Waals surface area contributed by atoms with Crippen molar-refractivity contribution < 1.29 is 9.50 Å². The highest BCUT2D eigenvalue weighted by Gasteiger charge is 2.12. The molecule has 0 aliphatic heterocycles. The second kappa shape index (κ2) is 5.96. The number of phenols is 1. The summed E-state index contributed by atoms with van der Waals surface area (Å²) in [5.74, 6) is -0.501. The third kappa shape index (κ3) is 3.51. The maximum atomic E-state index is 13.0. The Morgan fingerprint density at radius 2 is 2.00 bits per heavy atom. The van der Waals surface area contributed by atoms with E-state index in [0.29, 0.717) is 10.6 Å².